The summed E-state index contributed by atoms with van der Waals surface area (Å²) >= 11 is 0. The molecule has 1 saturated heterocycles. The first-order valence-corrected chi connectivity index (χ1v) is 11.5. The molecule has 1 aliphatic rings. The highest BCUT2D eigenvalue weighted by Crippen LogP contribution is 2.26. The van der Waals surface area contributed by atoms with Crippen molar-refractivity contribution < 1.29 is 18.3 Å². The van der Waals surface area contributed by atoms with Gasteiger partial charge in [-0.2, -0.15) is 0 Å². The molecule has 1 fully saturated rings. The largest absolute Gasteiger partial charge is 0.457 e. The van der Waals surface area contributed by atoms with Crippen LogP contribution in [0.1, 0.15) is 5.69 Å². The van der Waals surface area contributed by atoms with Crippen molar-refractivity contribution in [2.45, 2.75) is 6.54 Å². The van der Waals surface area contributed by atoms with Crippen LogP contribution in [-0.4, -0.2) is 47.1 Å². The molecule has 3 aromatic carbocycles. The third-order valence-corrected chi connectivity index (χ3v) is 5.68. The van der Waals surface area contributed by atoms with Crippen molar-refractivity contribution >= 4 is 28.4 Å². The third kappa shape index (κ3) is 5.91. The first kappa shape index (κ1) is 23.6. The molecule has 0 radical (unpaired) electrons. The molecule has 8 nitrogen and oxygen atoms in total. The van der Waals surface area contributed by atoms with Crippen molar-refractivity contribution in [3.05, 3.63) is 84.2 Å². The molecular weight excluding hydrogens is 466 g/mol. The maximum absolute atomic E-state index is 13.3. The molecule has 36 heavy (non-hydrogen) atoms. The van der Waals surface area contributed by atoms with E-state index >= 15 is 0 Å². The maximum Gasteiger partial charge on any atom is 0.323 e. The summed E-state index contributed by atoms with van der Waals surface area (Å²) in [4.78, 5) is 23.8. The Hall–Kier alpha value is -4.15. The Kier molecular flexibility index (Phi) is 6.96. The van der Waals surface area contributed by atoms with Gasteiger partial charge in [0.05, 0.1) is 22.9 Å². The van der Waals surface area contributed by atoms with E-state index in [0.717, 1.165) is 61.6 Å². The molecule has 3 N–H and O–H groups in total. The number of piperazine rings is 1. The lowest BCUT2D eigenvalue weighted by Gasteiger charge is -2.26. The number of ether oxygens (including phenoxy) is 1. The van der Waals surface area contributed by atoms with Crippen LogP contribution in [0.5, 0.6) is 11.5 Å². The number of benzene rings is 3. The van der Waals surface area contributed by atoms with E-state index in [0.29, 0.717) is 17.2 Å². The molecule has 4 aromatic rings. The molecule has 0 saturated carbocycles. The number of fused-ring (bicyclic) bond motifs is 1. The van der Waals surface area contributed by atoms with E-state index in [1.165, 1.54) is 6.07 Å². The van der Waals surface area contributed by atoms with Crippen LogP contribution >= 0.6 is 0 Å². The summed E-state index contributed by atoms with van der Waals surface area (Å²) in [5.41, 5.74) is 3.11. The van der Waals surface area contributed by atoms with Crippen molar-refractivity contribution in [1.82, 2.24) is 20.2 Å². The van der Waals surface area contributed by atoms with Gasteiger partial charge in [-0.05, 0) is 48.5 Å². The van der Waals surface area contributed by atoms with E-state index in [9.17, 15) is 13.6 Å². The van der Waals surface area contributed by atoms with Crippen LogP contribution < -0.4 is 20.7 Å². The molecule has 1 aromatic heterocycles. The SMILES string of the molecule is O=C(Nc1ccc(Oc2ccc3ncc(CN4CCNCC4)nc3c2)cc1)Nc1ccc(F)c(F)c1. The molecule has 2 heterocycles. The molecular formula is C26H24F2N6O2. The van der Waals surface area contributed by atoms with E-state index in [-0.39, 0.29) is 5.69 Å². The predicted molar refractivity (Wildman–Crippen MR) is 133 cm³/mol. The minimum absolute atomic E-state index is 0.141. The summed E-state index contributed by atoms with van der Waals surface area (Å²) in [6.07, 6.45) is 1.82. The van der Waals surface area contributed by atoms with E-state index in [2.05, 4.69) is 25.8 Å². The molecule has 1 aliphatic heterocycles. The van der Waals surface area contributed by atoms with Crippen molar-refractivity contribution in [2.24, 2.45) is 0 Å². The van der Waals surface area contributed by atoms with Crippen molar-refractivity contribution in [2.75, 3.05) is 36.8 Å². The van der Waals surface area contributed by atoms with Crippen molar-refractivity contribution in [3.8, 4) is 11.5 Å². The Morgan fingerprint density at radius 3 is 2.39 bits per heavy atom. The van der Waals surface area contributed by atoms with Gasteiger partial charge >= 0.3 is 6.03 Å². The van der Waals surface area contributed by atoms with Gasteiger partial charge in [0.2, 0.25) is 0 Å². The number of nitrogens with one attached hydrogen (secondary N) is 3. The van der Waals surface area contributed by atoms with Crippen LogP contribution in [0.4, 0.5) is 25.0 Å². The smallest absolute Gasteiger partial charge is 0.323 e. The van der Waals surface area contributed by atoms with E-state index in [4.69, 9.17) is 9.72 Å². The van der Waals surface area contributed by atoms with Crippen LogP contribution in [0.2, 0.25) is 0 Å². The third-order valence-electron chi connectivity index (χ3n) is 5.68. The minimum Gasteiger partial charge on any atom is -0.457 e. The Bertz CT molecular complexity index is 1380. The molecule has 184 valence electrons. The topological polar surface area (TPSA) is 91.4 Å². The second-order valence-electron chi connectivity index (χ2n) is 8.37. The highest BCUT2D eigenvalue weighted by atomic mass is 19.2. The van der Waals surface area contributed by atoms with Gasteiger partial charge in [0.1, 0.15) is 11.5 Å². The maximum atomic E-state index is 13.3. The van der Waals surface area contributed by atoms with E-state index in [1.807, 2.05) is 24.4 Å². The van der Waals surface area contributed by atoms with Gasteiger partial charge in [0, 0.05) is 56.2 Å². The number of carbonyl (C=O) groups excluding carboxylic acids is 1. The number of nitrogens with zero attached hydrogens (tertiary/aromatic N) is 3. The van der Waals surface area contributed by atoms with Gasteiger partial charge in [0.25, 0.3) is 0 Å². The van der Waals surface area contributed by atoms with Gasteiger partial charge in [-0.15, -0.1) is 0 Å². The first-order valence-electron chi connectivity index (χ1n) is 11.5. The Balaban J connectivity index is 1.21. The number of aromatic nitrogens is 2. The van der Waals surface area contributed by atoms with Crippen molar-refractivity contribution in [3.63, 3.8) is 0 Å². The summed E-state index contributed by atoms with van der Waals surface area (Å²) < 4.78 is 32.3. The zero-order chi connectivity index (χ0) is 24.9. The number of anilines is 2. The zero-order valence-electron chi connectivity index (χ0n) is 19.3. The standard InChI is InChI=1S/C26H24F2N6O2/c27-22-7-3-18(13-23(22)28)33-26(35)32-17-1-4-20(5-2-17)36-21-6-8-24-25(14-21)31-19(15-30-24)16-34-11-9-29-10-12-34/h1-8,13-15,29H,9-12,16H2,(H2,32,33,35). The minimum atomic E-state index is -1.04. The fourth-order valence-electron chi connectivity index (χ4n) is 3.88. The van der Waals surface area contributed by atoms with Crippen LogP contribution in [0.15, 0.2) is 66.9 Å². The van der Waals surface area contributed by atoms with Gasteiger partial charge in [0.15, 0.2) is 11.6 Å². The molecule has 10 heteroatoms. The van der Waals surface area contributed by atoms with Crippen LogP contribution in [0.3, 0.4) is 0 Å². The molecule has 0 aliphatic carbocycles. The first-order chi connectivity index (χ1) is 17.5. The average Bonchev–Trinajstić information content (AvgIpc) is 2.88. The molecule has 0 unspecified atom stereocenters. The van der Waals surface area contributed by atoms with Crippen LogP contribution in [0.25, 0.3) is 11.0 Å². The van der Waals surface area contributed by atoms with E-state index < -0.39 is 17.7 Å². The number of rotatable bonds is 6. The Morgan fingerprint density at radius 1 is 0.889 bits per heavy atom. The fourth-order valence-corrected chi connectivity index (χ4v) is 3.88. The Morgan fingerprint density at radius 2 is 1.61 bits per heavy atom. The summed E-state index contributed by atoms with van der Waals surface area (Å²) in [5.74, 6) is -0.825. The van der Waals surface area contributed by atoms with Gasteiger partial charge in [-0.1, -0.05) is 0 Å². The number of hydrogen-bond acceptors (Lipinski definition) is 6. The van der Waals surface area contributed by atoms with Gasteiger partial charge < -0.3 is 20.7 Å². The molecule has 0 bridgehead atoms. The number of hydrogen-bond donors (Lipinski definition) is 3. The summed E-state index contributed by atoms with van der Waals surface area (Å²) in [6, 6.07) is 14.9. The highest BCUT2D eigenvalue weighted by Gasteiger charge is 2.12. The number of halogens is 2. The summed E-state index contributed by atoms with van der Waals surface area (Å²) in [5, 5.41) is 8.43. The fraction of sp³-hybridized carbons (Fsp3) is 0.192. The predicted octanol–water partition coefficient (Wildman–Crippen LogP) is 4.75. The summed E-state index contributed by atoms with van der Waals surface area (Å²) in [6.45, 7) is 4.69. The lowest BCUT2D eigenvalue weighted by atomic mass is 10.2. The zero-order valence-corrected chi connectivity index (χ0v) is 19.3. The molecule has 2 amide bonds. The second-order valence-corrected chi connectivity index (χ2v) is 8.37. The van der Waals surface area contributed by atoms with Crippen LogP contribution in [0, 0.1) is 11.6 Å². The van der Waals surface area contributed by atoms with Gasteiger partial charge in [-0.25, -0.2) is 18.6 Å². The lowest BCUT2D eigenvalue weighted by Crippen LogP contribution is -2.43. The average molecular weight is 491 g/mol. The highest BCUT2D eigenvalue weighted by molar-refractivity contribution is 5.99. The number of urea groups is 1. The summed E-state index contributed by atoms with van der Waals surface area (Å²) in [7, 11) is 0. The van der Waals surface area contributed by atoms with Crippen molar-refractivity contribution in [1.29, 1.82) is 0 Å². The second kappa shape index (κ2) is 10.6. The molecule has 0 atom stereocenters. The normalized spacial score (nSPS) is 13.9. The lowest BCUT2D eigenvalue weighted by molar-refractivity contribution is 0.230. The monoisotopic (exact) mass is 490 g/mol. The molecule has 5 rings (SSSR count). The van der Waals surface area contributed by atoms with E-state index in [1.54, 1.807) is 24.3 Å². The van der Waals surface area contributed by atoms with Gasteiger partial charge in [-0.3, -0.25) is 9.88 Å². The Labute approximate surface area is 206 Å². The molecule has 0 spiro atoms. The number of carbonyl (C=O) groups is 1. The van der Waals surface area contributed by atoms with Crippen LogP contribution in [-0.2, 0) is 6.54 Å². The number of amides is 2. The quantitative estimate of drug-likeness (QED) is 0.361.